The number of likely N-dealkylation sites (tertiary alicyclic amines) is 1. The van der Waals surface area contributed by atoms with Gasteiger partial charge in [0.2, 0.25) is 0 Å². The van der Waals surface area contributed by atoms with E-state index in [0.29, 0.717) is 18.0 Å². The molecule has 1 N–H and O–H groups in total. The van der Waals surface area contributed by atoms with Crippen molar-refractivity contribution in [1.82, 2.24) is 20.2 Å². The van der Waals surface area contributed by atoms with Crippen LogP contribution in [0.5, 0.6) is 0 Å². The summed E-state index contributed by atoms with van der Waals surface area (Å²) in [5, 5.41) is 3.03. The maximum atomic E-state index is 12.4. The first kappa shape index (κ1) is 18.3. The van der Waals surface area contributed by atoms with Gasteiger partial charge in [-0.3, -0.25) is 4.79 Å². The van der Waals surface area contributed by atoms with Gasteiger partial charge >= 0.3 is 0 Å². The minimum Gasteiger partial charge on any atom is -0.351 e. The zero-order valence-electron chi connectivity index (χ0n) is 15.8. The fourth-order valence-electron chi connectivity index (χ4n) is 3.72. The van der Waals surface area contributed by atoms with Gasteiger partial charge in [0, 0.05) is 43.2 Å². The first-order valence-electron chi connectivity index (χ1n) is 9.70. The van der Waals surface area contributed by atoms with Crippen LogP contribution in [0.15, 0.2) is 73.3 Å². The lowest BCUT2D eigenvalue weighted by atomic mass is 9.99. The summed E-state index contributed by atoms with van der Waals surface area (Å²) in [6.45, 7) is 3.69. The average molecular weight is 372 g/mol. The molecule has 1 fully saturated rings. The molecule has 1 atom stereocenters. The van der Waals surface area contributed by atoms with Crippen LogP contribution in [-0.2, 0) is 0 Å². The number of nitrogens with zero attached hydrogens (tertiary/aromatic N) is 3. The summed E-state index contributed by atoms with van der Waals surface area (Å²) in [4.78, 5) is 22.9. The van der Waals surface area contributed by atoms with Crippen LogP contribution in [0.25, 0.3) is 11.1 Å². The van der Waals surface area contributed by atoms with Crippen LogP contribution < -0.4 is 5.32 Å². The summed E-state index contributed by atoms with van der Waals surface area (Å²) < 4.78 is 0. The molecule has 0 bridgehead atoms. The van der Waals surface area contributed by atoms with Gasteiger partial charge < -0.3 is 10.2 Å². The van der Waals surface area contributed by atoms with Crippen molar-refractivity contribution in [2.75, 3.05) is 26.2 Å². The number of rotatable bonds is 6. The van der Waals surface area contributed by atoms with Crippen LogP contribution in [0.4, 0.5) is 0 Å². The van der Waals surface area contributed by atoms with Gasteiger partial charge in [-0.2, -0.15) is 0 Å². The summed E-state index contributed by atoms with van der Waals surface area (Å²) in [5.41, 5.74) is 4.03. The maximum Gasteiger partial charge on any atom is 0.251 e. The molecule has 2 aromatic carbocycles. The minimum absolute atomic E-state index is 0.0327. The summed E-state index contributed by atoms with van der Waals surface area (Å²) in [6.07, 6.45) is 6.22. The second-order valence-corrected chi connectivity index (χ2v) is 7.16. The molecule has 1 aromatic heterocycles. The third-order valence-corrected chi connectivity index (χ3v) is 5.30. The highest BCUT2D eigenvalue weighted by atomic mass is 16.1. The molecule has 5 nitrogen and oxygen atoms in total. The number of carbonyl (C=O) groups is 1. The largest absolute Gasteiger partial charge is 0.351 e. The molecule has 4 rings (SSSR count). The molecule has 0 aliphatic carbocycles. The van der Waals surface area contributed by atoms with Gasteiger partial charge in [0.15, 0.2) is 0 Å². The number of carbonyl (C=O) groups excluding carboxylic acids is 1. The van der Waals surface area contributed by atoms with E-state index in [0.717, 1.165) is 30.8 Å². The Hall–Kier alpha value is -3.05. The highest BCUT2D eigenvalue weighted by Gasteiger charge is 2.23. The molecular weight excluding hydrogens is 348 g/mol. The van der Waals surface area contributed by atoms with Crippen LogP contribution in [-0.4, -0.2) is 47.0 Å². The molecule has 0 spiro atoms. The van der Waals surface area contributed by atoms with Crippen LogP contribution in [0.1, 0.15) is 28.3 Å². The topological polar surface area (TPSA) is 58.1 Å². The number of hydrogen-bond donors (Lipinski definition) is 1. The van der Waals surface area contributed by atoms with Crippen molar-refractivity contribution in [2.45, 2.75) is 12.3 Å². The van der Waals surface area contributed by atoms with Crippen molar-refractivity contribution in [1.29, 1.82) is 0 Å². The predicted molar refractivity (Wildman–Crippen MR) is 110 cm³/mol. The Morgan fingerprint density at radius 3 is 2.50 bits per heavy atom. The van der Waals surface area contributed by atoms with Crippen molar-refractivity contribution >= 4 is 5.91 Å². The maximum absolute atomic E-state index is 12.4. The molecule has 28 heavy (non-hydrogen) atoms. The van der Waals surface area contributed by atoms with Crippen molar-refractivity contribution in [3.05, 3.63) is 84.4 Å². The zero-order valence-corrected chi connectivity index (χ0v) is 15.8. The first-order valence-corrected chi connectivity index (χ1v) is 9.70. The van der Waals surface area contributed by atoms with E-state index in [9.17, 15) is 4.79 Å². The molecule has 5 heteroatoms. The predicted octanol–water partition coefficient (Wildman–Crippen LogP) is 3.36. The van der Waals surface area contributed by atoms with Crippen molar-refractivity contribution < 1.29 is 4.79 Å². The smallest absolute Gasteiger partial charge is 0.251 e. The van der Waals surface area contributed by atoms with Gasteiger partial charge in [0.1, 0.15) is 6.33 Å². The summed E-state index contributed by atoms with van der Waals surface area (Å²) in [7, 11) is 0. The van der Waals surface area contributed by atoms with E-state index in [1.807, 2.05) is 24.3 Å². The molecule has 142 valence electrons. The SMILES string of the molecule is O=C(NCCN1CC[C@H](c2ccccc2)C1)c1ccc(-c2cncnc2)cc1. The Kier molecular flexibility index (Phi) is 5.73. The van der Waals surface area contributed by atoms with Crippen molar-refractivity contribution in [2.24, 2.45) is 0 Å². The van der Waals surface area contributed by atoms with Gasteiger partial charge in [-0.25, -0.2) is 9.97 Å². The molecule has 2 heterocycles. The average Bonchev–Trinajstić information content (AvgIpc) is 3.24. The highest BCUT2D eigenvalue weighted by molar-refractivity contribution is 5.94. The minimum atomic E-state index is -0.0327. The molecule has 1 aliphatic heterocycles. The van der Waals surface area contributed by atoms with E-state index >= 15 is 0 Å². The van der Waals surface area contributed by atoms with E-state index in [4.69, 9.17) is 0 Å². The molecule has 1 amide bonds. The fraction of sp³-hybridized carbons (Fsp3) is 0.261. The van der Waals surface area contributed by atoms with E-state index in [1.54, 1.807) is 12.4 Å². The van der Waals surface area contributed by atoms with Crippen LogP contribution in [0.2, 0.25) is 0 Å². The molecule has 0 unspecified atom stereocenters. The quantitative estimate of drug-likeness (QED) is 0.721. The summed E-state index contributed by atoms with van der Waals surface area (Å²) in [6, 6.07) is 18.2. The normalized spacial score (nSPS) is 16.8. The Labute approximate surface area is 165 Å². The lowest BCUT2D eigenvalue weighted by Gasteiger charge is -2.16. The molecule has 0 radical (unpaired) electrons. The van der Waals surface area contributed by atoms with E-state index < -0.39 is 0 Å². The number of hydrogen-bond acceptors (Lipinski definition) is 4. The molecule has 1 saturated heterocycles. The lowest BCUT2D eigenvalue weighted by molar-refractivity contribution is 0.0949. The number of benzene rings is 2. The highest BCUT2D eigenvalue weighted by Crippen LogP contribution is 2.26. The van der Waals surface area contributed by atoms with Crippen molar-refractivity contribution in [3.8, 4) is 11.1 Å². The zero-order chi connectivity index (χ0) is 19.2. The first-order chi connectivity index (χ1) is 13.8. The fourth-order valence-corrected chi connectivity index (χ4v) is 3.72. The Bertz CT molecular complexity index is 897. The third-order valence-electron chi connectivity index (χ3n) is 5.30. The van der Waals surface area contributed by atoms with Crippen molar-refractivity contribution in [3.63, 3.8) is 0 Å². The standard InChI is InChI=1S/C23H24N4O/c28-23(20-8-6-19(7-9-20)22-14-24-17-25-15-22)26-11-13-27-12-10-21(16-27)18-4-2-1-3-5-18/h1-9,14-15,17,21H,10-13,16H2,(H,26,28)/t21-/m0/s1. The Morgan fingerprint density at radius 2 is 1.75 bits per heavy atom. The number of aromatic nitrogens is 2. The van der Waals surface area contributed by atoms with Crippen LogP contribution >= 0.6 is 0 Å². The van der Waals surface area contributed by atoms with Gasteiger partial charge in [-0.15, -0.1) is 0 Å². The molecule has 1 aliphatic rings. The summed E-state index contributed by atoms with van der Waals surface area (Å²) in [5.74, 6) is 0.570. The number of amides is 1. The third kappa shape index (κ3) is 4.43. The van der Waals surface area contributed by atoms with E-state index in [-0.39, 0.29) is 5.91 Å². The molecule has 0 saturated carbocycles. The second kappa shape index (κ2) is 8.76. The van der Waals surface area contributed by atoms with E-state index in [2.05, 4.69) is 50.5 Å². The van der Waals surface area contributed by atoms with Crippen LogP contribution in [0.3, 0.4) is 0 Å². The summed E-state index contributed by atoms with van der Waals surface area (Å²) >= 11 is 0. The van der Waals surface area contributed by atoms with Gasteiger partial charge in [-0.1, -0.05) is 42.5 Å². The molecular formula is C23H24N4O. The molecule has 3 aromatic rings. The van der Waals surface area contributed by atoms with Gasteiger partial charge in [-0.05, 0) is 42.1 Å². The number of nitrogens with one attached hydrogen (secondary N) is 1. The van der Waals surface area contributed by atoms with E-state index in [1.165, 1.54) is 18.3 Å². The van der Waals surface area contributed by atoms with Gasteiger partial charge in [0.25, 0.3) is 5.91 Å². The monoisotopic (exact) mass is 372 g/mol. The lowest BCUT2D eigenvalue weighted by Crippen LogP contribution is -2.33. The Balaban J connectivity index is 1.25. The Morgan fingerprint density at radius 1 is 1.00 bits per heavy atom. The second-order valence-electron chi connectivity index (χ2n) is 7.16. The van der Waals surface area contributed by atoms with Crippen LogP contribution in [0, 0.1) is 0 Å². The van der Waals surface area contributed by atoms with Gasteiger partial charge in [0.05, 0.1) is 0 Å².